The van der Waals surface area contributed by atoms with Crippen molar-refractivity contribution in [2.24, 2.45) is 0 Å². The molecule has 4 nitrogen and oxygen atoms in total. The average Bonchev–Trinajstić information content (AvgIpc) is 3.24. The molecule has 1 aliphatic carbocycles. The Kier molecular flexibility index (Phi) is 5.10. The number of nitrogens with zero attached hydrogens (tertiary/aromatic N) is 1. The number of halogens is 1. The Morgan fingerprint density at radius 2 is 2.14 bits per heavy atom. The van der Waals surface area contributed by atoms with Crippen LogP contribution in [0.5, 0.6) is 0 Å². The van der Waals surface area contributed by atoms with Gasteiger partial charge in [-0.05, 0) is 52.9 Å². The molecule has 1 aromatic carbocycles. The largest absolute Gasteiger partial charge is 0.310 e. The average molecular weight is 371 g/mol. The molecule has 1 fully saturated rings. The second-order valence-corrected chi connectivity index (χ2v) is 8.15. The van der Waals surface area contributed by atoms with Crippen molar-refractivity contribution in [3.8, 4) is 12.3 Å². The summed E-state index contributed by atoms with van der Waals surface area (Å²) in [5.41, 5.74) is 1.87. The van der Waals surface area contributed by atoms with E-state index in [2.05, 4.69) is 27.2 Å². The van der Waals surface area contributed by atoms with E-state index in [0.29, 0.717) is 17.1 Å². The number of hydrogen-bond acceptors (Lipinski definition) is 3. The van der Waals surface area contributed by atoms with Gasteiger partial charge >= 0.3 is 0 Å². The molecule has 1 aliphatic rings. The van der Waals surface area contributed by atoms with Gasteiger partial charge in [-0.1, -0.05) is 12.0 Å². The van der Waals surface area contributed by atoms with Crippen molar-refractivity contribution >= 4 is 26.0 Å². The molecule has 0 saturated heterocycles. The molecule has 0 bridgehead atoms. The Hall–Kier alpha value is -0.870. The van der Waals surface area contributed by atoms with Crippen LogP contribution in [0, 0.1) is 19.3 Å². The van der Waals surface area contributed by atoms with E-state index in [1.54, 1.807) is 6.07 Å². The van der Waals surface area contributed by atoms with Gasteiger partial charge in [0.2, 0.25) is 10.0 Å². The van der Waals surface area contributed by atoms with Gasteiger partial charge in [-0.25, -0.2) is 8.42 Å². The molecule has 0 atom stereocenters. The van der Waals surface area contributed by atoms with Crippen molar-refractivity contribution in [2.75, 3.05) is 13.6 Å². The standard InChI is InChI=1S/C15H19BrN2O2S/c1-4-7-18(3)21(19,20)14-9-12(8-11(2)15(14)16)10-17-13-5-6-13/h1,8-9,13,17H,5-7,10H2,2-3H3. The second-order valence-electron chi connectivity index (χ2n) is 5.35. The Morgan fingerprint density at radius 1 is 1.48 bits per heavy atom. The lowest BCUT2D eigenvalue weighted by molar-refractivity contribution is 0.502. The van der Waals surface area contributed by atoms with Gasteiger partial charge in [0.15, 0.2) is 0 Å². The van der Waals surface area contributed by atoms with Gasteiger partial charge in [0, 0.05) is 24.1 Å². The first kappa shape index (κ1) is 16.5. The van der Waals surface area contributed by atoms with Gasteiger partial charge in [-0.15, -0.1) is 6.42 Å². The van der Waals surface area contributed by atoms with Crippen LogP contribution in [0.25, 0.3) is 0 Å². The van der Waals surface area contributed by atoms with Crippen LogP contribution in [0.4, 0.5) is 0 Å². The fourth-order valence-electron chi connectivity index (χ4n) is 2.03. The van der Waals surface area contributed by atoms with Crippen molar-refractivity contribution < 1.29 is 8.42 Å². The van der Waals surface area contributed by atoms with Gasteiger partial charge in [0.05, 0.1) is 11.4 Å². The number of aryl methyl sites for hydroxylation is 1. The molecular formula is C15H19BrN2O2S. The predicted molar refractivity (Wildman–Crippen MR) is 87.4 cm³/mol. The van der Waals surface area contributed by atoms with Gasteiger partial charge in [-0.2, -0.15) is 4.31 Å². The highest BCUT2D eigenvalue weighted by Gasteiger charge is 2.25. The van der Waals surface area contributed by atoms with E-state index in [9.17, 15) is 8.42 Å². The molecule has 21 heavy (non-hydrogen) atoms. The van der Waals surface area contributed by atoms with Crippen LogP contribution in [-0.4, -0.2) is 32.4 Å². The third kappa shape index (κ3) is 3.86. The zero-order valence-electron chi connectivity index (χ0n) is 12.2. The minimum atomic E-state index is -3.58. The van der Waals surface area contributed by atoms with Gasteiger partial charge in [0.1, 0.15) is 0 Å². The second kappa shape index (κ2) is 6.49. The SMILES string of the molecule is C#CCN(C)S(=O)(=O)c1cc(CNC2CC2)cc(C)c1Br. The van der Waals surface area contributed by atoms with E-state index >= 15 is 0 Å². The molecule has 0 spiro atoms. The topological polar surface area (TPSA) is 49.4 Å². The summed E-state index contributed by atoms with van der Waals surface area (Å²) >= 11 is 3.38. The van der Waals surface area contributed by atoms with Crippen LogP contribution in [0.1, 0.15) is 24.0 Å². The zero-order valence-corrected chi connectivity index (χ0v) is 14.6. The number of terminal acetylenes is 1. The lowest BCUT2D eigenvalue weighted by atomic mass is 10.1. The summed E-state index contributed by atoms with van der Waals surface area (Å²) in [4.78, 5) is 0.271. The summed E-state index contributed by atoms with van der Waals surface area (Å²) in [7, 11) is -2.09. The summed E-state index contributed by atoms with van der Waals surface area (Å²) in [5.74, 6) is 2.36. The molecule has 114 valence electrons. The van der Waals surface area contributed by atoms with Crippen molar-refractivity contribution in [1.29, 1.82) is 0 Å². The van der Waals surface area contributed by atoms with E-state index < -0.39 is 10.0 Å². The first-order valence-corrected chi connectivity index (χ1v) is 9.01. The Morgan fingerprint density at radius 3 is 2.71 bits per heavy atom. The lowest BCUT2D eigenvalue weighted by Gasteiger charge is -2.18. The smallest absolute Gasteiger partial charge is 0.244 e. The fraction of sp³-hybridized carbons (Fsp3) is 0.467. The maximum atomic E-state index is 12.6. The van der Waals surface area contributed by atoms with Crippen molar-refractivity contribution in [3.63, 3.8) is 0 Å². The molecule has 6 heteroatoms. The van der Waals surface area contributed by atoms with Crippen molar-refractivity contribution in [3.05, 3.63) is 27.7 Å². The van der Waals surface area contributed by atoms with E-state index in [-0.39, 0.29) is 11.4 Å². The molecule has 0 aromatic heterocycles. The number of benzene rings is 1. The lowest BCUT2D eigenvalue weighted by Crippen LogP contribution is -2.28. The number of rotatable bonds is 6. The van der Waals surface area contributed by atoms with E-state index in [4.69, 9.17) is 6.42 Å². The minimum Gasteiger partial charge on any atom is -0.310 e. The summed E-state index contributed by atoms with van der Waals surface area (Å²) in [6.45, 7) is 2.63. The van der Waals surface area contributed by atoms with Crippen molar-refractivity contribution in [2.45, 2.75) is 37.2 Å². The monoisotopic (exact) mass is 370 g/mol. The minimum absolute atomic E-state index is 0.0539. The van der Waals surface area contributed by atoms with Crippen LogP contribution in [-0.2, 0) is 16.6 Å². The number of sulfonamides is 1. The summed E-state index contributed by atoms with van der Waals surface area (Å²) in [6.07, 6.45) is 7.61. The molecule has 1 aromatic rings. The van der Waals surface area contributed by atoms with Gasteiger partial charge < -0.3 is 5.32 Å². The molecule has 2 rings (SSSR count). The fourth-order valence-corrected chi connectivity index (χ4v) is 4.14. The van der Waals surface area contributed by atoms with Gasteiger partial charge in [0.25, 0.3) is 0 Å². The number of hydrogen-bond donors (Lipinski definition) is 1. The van der Waals surface area contributed by atoms with Crippen LogP contribution < -0.4 is 5.32 Å². The highest BCUT2D eigenvalue weighted by atomic mass is 79.9. The maximum Gasteiger partial charge on any atom is 0.244 e. The quantitative estimate of drug-likeness (QED) is 0.781. The molecule has 0 unspecified atom stereocenters. The summed E-state index contributed by atoms with van der Waals surface area (Å²) in [5, 5.41) is 3.40. The first-order chi connectivity index (χ1) is 9.86. The Balaban J connectivity index is 2.34. The summed E-state index contributed by atoms with van der Waals surface area (Å²) in [6, 6.07) is 4.30. The predicted octanol–water partition coefficient (Wildman–Crippen LogP) is 2.26. The van der Waals surface area contributed by atoms with E-state index in [1.807, 2.05) is 13.0 Å². The van der Waals surface area contributed by atoms with Crippen LogP contribution in [0.2, 0.25) is 0 Å². The Labute approximate surface area is 135 Å². The molecule has 1 N–H and O–H groups in total. The highest BCUT2D eigenvalue weighted by molar-refractivity contribution is 9.10. The molecule has 0 aliphatic heterocycles. The maximum absolute atomic E-state index is 12.6. The van der Waals surface area contributed by atoms with E-state index in [1.165, 1.54) is 24.2 Å². The molecular weight excluding hydrogens is 352 g/mol. The van der Waals surface area contributed by atoms with Crippen molar-refractivity contribution in [1.82, 2.24) is 9.62 Å². The van der Waals surface area contributed by atoms with Gasteiger partial charge in [-0.3, -0.25) is 0 Å². The molecule has 1 saturated carbocycles. The van der Waals surface area contributed by atoms with Crippen LogP contribution >= 0.6 is 15.9 Å². The molecule has 0 amide bonds. The third-order valence-electron chi connectivity index (χ3n) is 3.46. The zero-order chi connectivity index (χ0) is 15.6. The normalized spacial score (nSPS) is 15.2. The third-order valence-corrected chi connectivity index (χ3v) is 6.60. The van der Waals surface area contributed by atoms with Crippen LogP contribution in [0.15, 0.2) is 21.5 Å². The van der Waals surface area contributed by atoms with Crippen LogP contribution in [0.3, 0.4) is 0 Å². The Bertz CT molecular complexity index is 676. The van der Waals surface area contributed by atoms with E-state index in [0.717, 1.165) is 11.1 Å². The highest BCUT2D eigenvalue weighted by Crippen LogP contribution is 2.29. The molecule has 0 heterocycles. The molecule has 0 radical (unpaired) electrons. The summed E-state index contributed by atoms with van der Waals surface area (Å²) < 4.78 is 26.9. The number of nitrogens with one attached hydrogen (secondary N) is 1. The first-order valence-electron chi connectivity index (χ1n) is 6.78.